The lowest BCUT2D eigenvalue weighted by Crippen LogP contribution is -2.62. The number of hydrogen-bond acceptors (Lipinski definition) is 4. The van der Waals surface area contributed by atoms with Gasteiger partial charge in [-0.25, -0.2) is 4.79 Å². The van der Waals surface area contributed by atoms with Gasteiger partial charge in [0.1, 0.15) is 18.0 Å². The van der Waals surface area contributed by atoms with Crippen molar-refractivity contribution in [1.29, 1.82) is 0 Å². The van der Waals surface area contributed by atoms with E-state index in [1.54, 1.807) is 18.2 Å². The standard InChI is InChI=1S/C16H23ClN2O4/c1-16(2,3)14-13(20)12(6-7-19(14)15(21)22)23-11-5-4-9(18)8-10(11)17/h4-5,8,12-14,20H,6-7,18H2,1-3H3,(H,21,22). The van der Waals surface area contributed by atoms with Crippen molar-refractivity contribution in [1.82, 2.24) is 4.90 Å². The molecule has 1 saturated heterocycles. The van der Waals surface area contributed by atoms with Crippen molar-refractivity contribution in [3.63, 3.8) is 0 Å². The molecule has 0 spiro atoms. The number of benzene rings is 1. The highest BCUT2D eigenvalue weighted by Crippen LogP contribution is 2.35. The van der Waals surface area contributed by atoms with Crippen molar-refractivity contribution < 1.29 is 19.7 Å². The quantitative estimate of drug-likeness (QED) is 0.718. The van der Waals surface area contributed by atoms with Gasteiger partial charge in [0, 0.05) is 18.7 Å². The number of halogens is 1. The fourth-order valence-electron chi connectivity index (χ4n) is 3.06. The summed E-state index contributed by atoms with van der Waals surface area (Å²) in [5, 5.41) is 20.4. The molecule has 1 aliphatic heterocycles. The van der Waals surface area contributed by atoms with Crippen LogP contribution in [0.15, 0.2) is 18.2 Å². The van der Waals surface area contributed by atoms with Crippen LogP contribution in [0.1, 0.15) is 27.2 Å². The lowest BCUT2D eigenvalue weighted by molar-refractivity contribution is -0.0886. The van der Waals surface area contributed by atoms with E-state index >= 15 is 0 Å². The van der Waals surface area contributed by atoms with Crippen LogP contribution in [0, 0.1) is 5.41 Å². The molecule has 0 aromatic heterocycles. The molecule has 1 fully saturated rings. The van der Waals surface area contributed by atoms with Gasteiger partial charge in [-0.05, 0) is 23.6 Å². The van der Waals surface area contributed by atoms with Gasteiger partial charge in [-0.3, -0.25) is 0 Å². The zero-order valence-electron chi connectivity index (χ0n) is 13.5. The summed E-state index contributed by atoms with van der Waals surface area (Å²) < 4.78 is 5.85. The van der Waals surface area contributed by atoms with Crippen LogP contribution in [0.4, 0.5) is 10.5 Å². The van der Waals surface area contributed by atoms with E-state index in [1.165, 1.54) is 4.90 Å². The topological polar surface area (TPSA) is 96.0 Å². The molecule has 23 heavy (non-hydrogen) atoms. The number of rotatable bonds is 2. The molecule has 7 heteroatoms. The summed E-state index contributed by atoms with van der Waals surface area (Å²) in [7, 11) is 0. The van der Waals surface area contributed by atoms with Crippen molar-refractivity contribution in [3.8, 4) is 5.75 Å². The molecule has 6 nitrogen and oxygen atoms in total. The van der Waals surface area contributed by atoms with Crippen LogP contribution >= 0.6 is 11.6 Å². The molecule has 128 valence electrons. The number of aliphatic hydroxyl groups is 1. The Labute approximate surface area is 140 Å². The average Bonchev–Trinajstić information content (AvgIpc) is 2.41. The SMILES string of the molecule is CC(C)(C)C1C(O)C(Oc2ccc(N)cc2Cl)CCN1C(=O)O. The zero-order chi connectivity index (χ0) is 17.4. The second kappa shape index (κ2) is 6.45. The van der Waals surface area contributed by atoms with Crippen LogP contribution in [0.25, 0.3) is 0 Å². The van der Waals surface area contributed by atoms with Crippen LogP contribution in [0.2, 0.25) is 5.02 Å². The number of piperidine rings is 1. The second-order valence-electron chi connectivity index (χ2n) is 6.91. The monoisotopic (exact) mass is 342 g/mol. The normalized spacial score (nSPS) is 25.3. The first-order valence-electron chi connectivity index (χ1n) is 7.50. The number of carbonyl (C=O) groups is 1. The molecule has 0 radical (unpaired) electrons. The number of ether oxygens (including phenoxy) is 1. The lowest BCUT2D eigenvalue weighted by atomic mass is 9.78. The maximum atomic E-state index is 11.5. The van der Waals surface area contributed by atoms with Crippen molar-refractivity contribution in [2.45, 2.75) is 45.4 Å². The maximum absolute atomic E-state index is 11.5. The van der Waals surface area contributed by atoms with E-state index in [-0.39, 0.29) is 0 Å². The highest BCUT2D eigenvalue weighted by atomic mass is 35.5. The molecule has 1 aromatic carbocycles. The van der Waals surface area contributed by atoms with Crippen molar-refractivity contribution in [2.75, 3.05) is 12.3 Å². The molecule has 0 saturated carbocycles. The number of nitrogens with two attached hydrogens (primary N) is 1. The first-order chi connectivity index (χ1) is 10.6. The fourth-order valence-corrected chi connectivity index (χ4v) is 3.30. The number of likely N-dealkylation sites (tertiary alicyclic amines) is 1. The van der Waals surface area contributed by atoms with Gasteiger partial charge in [0.2, 0.25) is 0 Å². The van der Waals surface area contributed by atoms with Gasteiger partial charge in [-0.1, -0.05) is 32.4 Å². The summed E-state index contributed by atoms with van der Waals surface area (Å²) in [5.74, 6) is 0.432. The van der Waals surface area contributed by atoms with Crippen molar-refractivity contribution in [2.24, 2.45) is 5.41 Å². The molecule has 2 rings (SSSR count). The van der Waals surface area contributed by atoms with E-state index < -0.39 is 29.8 Å². The van der Waals surface area contributed by atoms with Crippen molar-refractivity contribution in [3.05, 3.63) is 23.2 Å². The minimum atomic E-state index is -1.03. The summed E-state index contributed by atoms with van der Waals surface area (Å²) in [6.45, 7) is 5.99. The number of hydrogen-bond donors (Lipinski definition) is 3. The van der Waals surface area contributed by atoms with Gasteiger partial charge in [0.25, 0.3) is 0 Å². The van der Waals surface area contributed by atoms with Gasteiger partial charge in [-0.2, -0.15) is 0 Å². The van der Waals surface area contributed by atoms with Crippen LogP contribution in [-0.2, 0) is 0 Å². The van der Waals surface area contributed by atoms with Crippen LogP contribution in [-0.4, -0.2) is 46.0 Å². The largest absolute Gasteiger partial charge is 0.486 e. The Balaban J connectivity index is 2.23. The number of aliphatic hydroxyl groups excluding tert-OH is 1. The number of nitrogens with zero attached hydrogens (tertiary/aromatic N) is 1. The predicted molar refractivity (Wildman–Crippen MR) is 88.9 cm³/mol. The fraction of sp³-hybridized carbons (Fsp3) is 0.562. The van der Waals surface area contributed by atoms with E-state index in [4.69, 9.17) is 22.1 Å². The minimum absolute atomic E-state index is 0.297. The minimum Gasteiger partial charge on any atom is -0.486 e. The third-order valence-corrected chi connectivity index (χ3v) is 4.36. The Morgan fingerprint density at radius 1 is 1.43 bits per heavy atom. The van der Waals surface area contributed by atoms with Gasteiger partial charge in [0.05, 0.1) is 11.1 Å². The molecule has 3 unspecified atom stereocenters. The molecule has 3 atom stereocenters. The number of amides is 1. The molecular weight excluding hydrogens is 320 g/mol. The molecule has 4 N–H and O–H groups in total. The number of anilines is 1. The third-order valence-electron chi connectivity index (χ3n) is 4.06. The van der Waals surface area contributed by atoms with Gasteiger partial charge in [0.15, 0.2) is 0 Å². The predicted octanol–water partition coefficient (Wildman–Crippen LogP) is 2.83. The molecule has 1 aromatic rings. The summed E-state index contributed by atoms with van der Waals surface area (Å²) in [6, 6.07) is 4.34. The van der Waals surface area contributed by atoms with Crippen LogP contribution in [0.3, 0.4) is 0 Å². The number of nitrogen functional groups attached to an aromatic ring is 1. The summed E-state index contributed by atoms with van der Waals surface area (Å²) >= 11 is 6.11. The second-order valence-corrected chi connectivity index (χ2v) is 7.32. The third kappa shape index (κ3) is 3.82. The van der Waals surface area contributed by atoms with E-state index in [9.17, 15) is 15.0 Å². The smallest absolute Gasteiger partial charge is 0.407 e. The van der Waals surface area contributed by atoms with E-state index in [0.29, 0.717) is 29.4 Å². The van der Waals surface area contributed by atoms with Gasteiger partial charge < -0.3 is 25.6 Å². The lowest BCUT2D eigenvalue weighted by Gasteiger charge is -2.47. The number of carboxylic acid groups (broad SMARTS) is 1. The van der Waals surface area contributed by atoms with Crippen LogP contribution in [0.5, 0.6) is 5.75 Å². The molecule has 1 amide bonds. The van der Waals surface area contributed by atoms with E-state index in [0.717, 1.165) is 0 Å². The Bertz CT molecular complexity index is 588. The highest BCUT2D eigenvalue weighted by Gasteiger charge is 2.46. The molecule has 1 heterocycles. The Kier molecular flexibility index (Phi) is 4.96. The van der Waals surface area contributed by atoms with Crippen LogP contribution < -0.4 is 10.5 Å². The molecule has 0 bridgehead atoms. The Hall–Kier alpha value is -1.66. The van der Waals surface area contributed by atoms with Gasteiger partial charge >= 0.3 is 6.09 Å². The summed E-state index contributed by atoms with van der Waals surface area (Å²) in [4.78, 5) is 12.7. The summed E-state index contributed by atoms with van der Waals surface area (Å²) in [6.07, 6.45) is -2.13. The first-order valence-corrected chi connectivity index (χ1v) is 7.88. The Morgan fingerprint density at radius 3 is 2.61 bits per heavy atom. The van der Waals surface area contributed by atoms with Gasteiger partial charge in [-0.15, -0.1) is 0 Å². The average molecular weight is 343 g/mol. The first kappa shape index (κ1) is 17.7. The van der Waals surface area contributed by atoms with E-state index in [1.807, 2.05) is 20.8 Å². The molecular formula is C16H23ClN2O4. The maximum Gasteiger partial charge on any atom is 0.407 e. The summed E-state index contributed by atoms with van der Waals surface area (Å²) in [5.41, 5.74) is 5.76. The zero-order valence-corrected chi connectivity index (χ0v) is 14.2. The molecule has 1 aliphatic rings. The molecule has 0 aliphatic carbocycles. The van der Waals surface area contributed by atoms with Crippen molar-refractivity contribution >= 4 is 23.4 Å². The Morgan fingerprint density at radius 2 is 2.09 bits per heavy atom. The van der Waals surface area contributed by atoms with E-state index in [2.05, 4.69) is 0 Å². The highest BCUT2D eigenvalue weighted by molar-refractivity contribution is 6.32.